The Bertz CT molecular complexity index is 1190. The molecule has 6 nitrogen and oxygen atoms in total. The highest BCUT2D eigenvalue weighted by Crippen LogP contribution is 2.18. The second-order valence-corrected chi connectivity index (χ2v) is 6.84. The maximum atomic E-state index is 13.1. The van der Waals surface area contributed by atoms with Gasteiger partial charge >= 0.3 is 0 Å². The largest absolute Gasteiger partial charge is 0.350 e. The van der Waals surface area contributed by atoms with Gasteiger partial charge in [-0.1, -0.05) is 30.3 Å². The molecule has 1 N–H and O–H groups in total. The summed E-state index contributed by atoms with van der Waals surface area (Å²) in [6.07, 6.45) is 1.61. The van der Waals surface area contributed by atoms with E-state index in [0.29, 0.717) is 23.1 Å². The van der Waals surface area contributed by atoms with E-state index in [9.17, 15) is 9.59 Å². The van der Waals surface area contributed by atoms with Crippen LogP contribution in [0.3, 0.4) is 0 Å². The third-order valence-electron chi connectivity index (χ3n) is 4.47. The smallest absolute Gasteiger partial charge is 0.277 e. The zero-order valence-electron chi connectivity index (χ0n) is 15.2. The summed E-state index contributed by atoms with van der Waals surface area (Å²) in [5, 5.41) is 7.17. The van der Waals surface area contributed by atoms with Crippen LogP contribution in [0.2, 0.25) is 0 Å². The Kier molecular flexibility index (Phi) is 4.24. The summed E-state index contributed by atoms with van der Waals surface area (Å²) in [4.78, 5) is 25.5. The van der Waals surface area contributed by atoms with E-state index in [1.807, 2.05) is 50.2 Å². The molecule has 0 fully saturated rings. The Balaban J connectivity index is 1.95. The van der Waals surface area contributed by atoms with Crippen LogP contribution in [0.4, 0.5) is 0 Å². The molecule has 27 heavy (non-hydrogen) atoms. The van der Waals surface area contributed by atoms with Crippen LogP contribution in [0.15, 0.2) is 65.6 Å². The van der Waals surface area contributed by atoms with Gasteiger partial charge < -0.3 is 9.88 Å². The summed E-state index contributed by atoms with van der Waals surface area (Å²) in [7, 11) is 0. The molecule has 2 heterocycles. The summed E-state index contributed by atoms with van der Waals surface area (Å²) >= 11 is 0. The fourth-order valence-electron chi connectivity index (χ4n) is 3.23. The molecule has 0 spiro atoms. The van der Waals surface area contributed by atoms with Crippen LogP contribution in [0.5, 0.6) is 0 Å². The maximum absolute atomic E-state index is 13.1. The summed E-state index contributed by atoms with van der Waals surface area (Å²) in [6, 6.07) is 16.9. The van der Waals surface area contributed by atoms with Gasteiger partial charge in [0.1, 0.15) is 5.52 Å². The number of aromatic nitrogens is 3. The number of hydrogen-bond acceptors (Lipinski definition) is 3. The van der Waals surface area contributed by atoms with Crippen LogP contribution in [0.1, 0.15) is 29.8 Å². The minimum atomic E-state index is -0.161. The lowest BCUT2D eigenvalue weighted by atomic mass is 10.1. The van der Waals surface area contributed by atoms with Crippen LogP contribution in [0.25, 0.3) is 16.6 Å². The van der Waals surface area contributed by atoms with Gasteiger partial charge in [-0.2, -0.15) is 5.10 Å². The van der Waals surface area contributed by atoms with Gasteiger partial charge in [-0.15, -0.1) is 0 Å². The van der Waals surface area contributed by atoms with Crippen LogP contribution in [-0.4, -0.2) is 26.1 Å². The van der Waals surface area contributed by atoms with E-state index in [1.54, 1.807) is 33.5 Å². The quantitative estimate of drug-likeness (QED) is 0.608. The van der Waals surface area contributed by atoms with Gasteiger partial charge in [-0.05, 0) is 43.7 Å². The van der Waals surface area contributed by atoms with Gasteiger partial charge in [0.2, 0.25) is 0 Å². The van der Waals surface area contributed by atoms with Gasteiger partial charge in [-0.25, -0.2) is 4.52 Å². The summed E-state index contributed by atoms with van der Waals surface area (Å²) < 4.78 is 3.33. The molecule has 0 atom stereocenters. The molecule has 0 bridgehead atoms. The van der Waals surface area contributed by atoms with E-state index in [2.05, 4.69) is 10.4 Å². The van der Waals surface area contributed by atoms with Crippen molar-refractivity contribution in [1.82, 2.24) is 19.5 Å². The highest BCUT2D eigenvalue weighted by molar-refractivity contribution is 5.97. The second kappa shape index (κ2) is 6.72. The number of rotatable bonds is 4. The van der Waals surface area contributed by atoms with Crippen LogP contribution in [-0.2, 0) is 6.54 Å². The highest BCUT2D eigenvalue weighted by atomic mass is 16.1. The Morgan fingerprint density at radius 1 is 1.04 bits per heavy atom. The van der Waals surface area contributed by atoms with Gasteiger partial charge in [0, 0.05) is 11.6 Å². The molecule has 0 radical (unpaired) electrons. The number of nitrogens with one attached hydrogen (secondary N) is 1. The monoisotopic (exact) mass is 360 g/mol. The molecule has 2 aromatic carbocycles. The van der Waals surface area contributed by atoms with E-state index < -0.39 is 0 Å². The average Bonchev–Trinajstić information content (AvgIpc) is 3.15. The predicted molar refractivity (Wildman–Crippen MR) is 105 cm³/mol. The minimum Gasteiger partial charge on any atom is -0.350 e. The minimum absolute atomic E-state index is 0.0355. The van der Waals surface area contributed by atoms with E-state index in [1.165, 1.54) is 0 Å². The van der Waals surface area contributed by atoms with Crippen molar-refractivity contribution < 1.29 is 4.79 Å². The van der Waals surface area contributed by atoms with E-state index in [0.717, 1.165) is 11.1 Å². The first-order chi connectivity index (χ1) is 13.0. The molecule has 2 aromatic heterocycles. The molecule has 136 valence electrons. The Hall–Kier alpha value is -3.41. The van der Waals surface area contributed by atoms with E-state index in [-0.39, 0.29) is 17.5 Å². The molecule has 0 aliphatic heterocycles. The first kappa shape index (κ1) is 17.0. The molecule has 6 heteroatoms. The normalized spacial score (nSPS) is 11.4. The van der Waals surface area contributed by atoms with Gasteiger partial charge in [-0.3, -0.25) is 9.59 Å². The fourth-order valence-corrected chi connectivity index (χ4v) is 3.23. The zero-order chi connectivity index (χ0) is 19.0. The number of amides is 1. The molecular formula is C21H20N4O2. The lowest BCUT2D eigenvalue weighted by molar-refractivity contribution is 0.0943. The molecule has 0 saturated heterocycles. The maximum Gasteiger partial charge on any atom is 0.277 e. The van der Waals surface area contributed by atoms with E-state index >= 15 is 0 Å². The Morgan fingerprint density at radius 3 is 2.56 bits per heavy atom. The average molecular weight is 360 g/mol. The Morgan fingerprint density at radius 2 is 1.81 bits per heavy atom. The van der Waals surface area contributed by atoms with Crippen molar-refractivity contribution in [1.29, 1.82) is 0 Å². The van der Waals surface area contributed by atoms with Crippen molar-refractivity contribution in [2.75, 3.05) is 0 Å². The van der Waals surface area contributed by atoms with Crippen LogP contribution < -0.4 is 10.9 Å². The summed E-state index contributed by atoms with van der Waals surface area (Å²) in [5.41, 5.74) is 3.37. The second-order valence-electron chi connectivity index (χ2n) is 6.84. The summed E-state index contributed by atoms with van der Waals surface area (Å²) in [6.45, 7) is 4.25. The van der Waals surface area contributed by atoms with Crippen molar-refractivity contribution in [2.24, 2.45) is 0 Å². The SMILES string of the molecule is CC(C)NC(=O)c1ccc2c(c1)n(Cc1ccccc1)c(=O)c1ccnn12. The zero-order valence-corrected chi connectivity index (χ0v) is 15.2. The molecule has 4 rings (SSSR count). The number of carbonyl (C=O) groups excluding carboxylic acids is 1. The number of carbonyl (C=O) groups is 1. The lowest BCUT2D eigenvalue weighted by Crippen LogP contribution is -2.30. The van der Waals surface area contributed by atoms with E-state index in [4.69, 9.17) is 0 Å². The van der Waals surface area contributed by atoms with Crippen molar-refractivity contribution in [3.05, 3.63) is 82.3 Å². The van der Waals surface area contributed by atoms with Crippen LogP contribution >= 0.6 is 0 Å². The highest BCUT2D eigenvalue weighted by Gasteiger charge is 2.15. The van der Waals surface area contributed by atoms with Crippen molar-refractivity contribution >= 4 is 22.5 Å². The number of fused-ring (bicyclic) bond motifs is 3. The number of nitrogens with zero attached hydrogens (tertiary/aromatic N) is 3. The number of benzene rings is 2. The van der Waals surface area contributed by atoms with Crippen LogP contribution in [0, 0.1) is 0 Å². The van der Waals surface area contributed by atoms with Gasteiger partial charge in [0.25, 0.3) is 11.5 Å². The van der Waals surface area contributed by atoms with Gasteiger partial charge in [0.05, 0.1) is 23.8 Å². The predicted octanol–water partition coefficient (Wildman–Crippen LogP) is 2.84. The molecule has 1 amide bonds. The first-order valence-electron chi connectivity index (χ1n) is 8.89. The standard InChI is InChI=1S/C21H20N4O2/c1-14(2)23-20(26)16-8-9-17-19(12-16)24(13-15-6-4-3-5-7-15)21(27)18-10-11-22-25(17)18/h3-12,14H,13H2,1-2H3,(H,23,26). The molecule has 0 saturated carbocycles. The fraction of sp³-hybridized carbons (Fsp3) is 0.190. The molecule has 0 aliphatic rings. The first-order valence-corrected chi connectivity index (χ1v) is 8.89. The third kappa shape index (κ3) is 3.10. The molecule has 4 aromatic rings. The van der Waals surface area contributed by atoms with Crippen molar-refractivity contribution in [3.8, 4) is 0 Å². The Labute approximate surface area is 156 Å². The van der Waals surface area contributed by atoms with Gasteiger partial charge in [0.15, 0.2) is 0 Å². The number of hydrogen-bond donors (Lipinski definition) is 1. The lowest BCUT2D eigenvalue weighted by Gasteiger charge is -2.14. The van der Waals surface area contributed by atoms with Crippen molar-refractivity contribution in [2.45, 2.75) is 26.4 Å². The van der Waals surface area contributed by atoms with Crippen molar-refractivity contribution in [3.63, 3.8) is 0 Å². The third-order valence-corrected chi connectivity index (χ3v) is 4.47. The molecular weight excluding hydrogens is 340 g/mol. The molecule has 0 aliphatic carbocycles. The summed E-state index contributed by atoms with van der Waals surface area (Å²) in [5.74, 6) is -0.161. The molecule has 0 unspecified atom stereocenters. The topological polar surface area (TPSA) is 68.4 Å².